The molecule has 1 fully saturated rings. The summed E-state index contributed by atoms with van der Waals surface area (Å²) in [7, 11) is 0. The second kappa shape index (κ2) is 5.78. The predicted octanol–water partition coefficient (Wildman–Crippen LogP) is 1.32. The van der Waals surface area contributed by atoms with E-state index in [1.165, 1.54) is 0 Å². The first kappa shape index (κ1) is 12.8. The Morgan fingerprint density at radius 1 is 1.53 bits per heavy atom. The number of pyridine rings is 1. The molecule has 0 aliphatic carbocycles. The van der Waals surface area contributed by atoms with E-state index in [9.17, 15) is 0 Å². The average Bonchev–Trinajstić information content (AvgIpc) is 2.31. The zero-order valence-corrected chi connectivity index (χ0v) is 10.6. The molecule has 0 radical (unpaired) electrons. The van der Waals surface area contributed by atoms with Gasteiger partial charge in [0, 0.05) is 25.8 Å². The van der Waals surface area contributed by atoms with Crippen molar-refractivity contribution < 1.29 is 9.84 Å². The van der Waals surface area contributed by atoms with E-state index in [1.807, 2.05) is 13.0 Å². The second-order valence-corrected chi connectivity index (χ2v) is 4.82. The Morgan fingerprint density at radius 2 is 2.35 bits per heavy atom. The number of nitrogens with zero attached hydrogens (tertiary/aromatic N) is 2. The normalized spacial score (nSPS) is 26.1. The van der Waals surface area contributed by atoms with E-state index in [4.69, 9.17) is 21.4 Å². The monoisotopic (exact) mass is 256 g/mol. The molecule has 94 valence electrons. The molecular weight excluding hydrogens is 240 g/mol. The smallest absolute Gasteiger partial charge is 0.129 e. The van der Waals surface area contributed by atoms with Crippen LogP contribution in [0.25, 0.3) is 0 Å². The summed E-state index contributed by atoms with van der Waals surface area (Å²) in [6.45, 7) is 4.53. The lowest BCUT2D eigenvalue weighted by Crippen LogP contribution is -2.47. The van der Waals surface area contributed by atoms with Crippen molar-refractivity contribution in [1.29, 1.82) is 0 Å². The van der Waals surface area contributed by atoms with Gasteiger partial charge in [-0.1, -0.05) is 17.7 Å². The average molecular weight is 257 g/mol. The number of halogens is 1. The molecule has 1 aromatic rings. The number of hydrogen-bond acceptors (Lipinski definition) is 4. The fourth-order valence-corrected chi connectivity index (χ4v) is 2.24. The lowest BCUT2D eigenvalue weighted by molar-refractivity contribution is -0.0972. The maximum atomic E-state index is 9.15. The Labute approximate surface area is 106 Å². The molecule has 1 aromatic heterocycles. The van der Waals surface area contributed by atoms with Crippen molar-refractivity contribution >= 4 is 11.6 Å². The van der Waals surface area contributed by atoms with Gasteiger partial charge in [-0.2, -0.15) is 0 Å². The maximum absolute atomic E-state index is 9.15. The highest BCUT2D eigenvalue weighted by Crippen LogP contribution is 2.14. The molecule has 1 N–H and O–H groups in total. The summed E-state index contributed by atoms with van der Waals surface area (Å²) in [5.41, 5.74) is 1.13. The zero-order chi connectivity index (χ0) is 12.3. The van der Waals surface area contributed by atoms with Gasteiger partial charge in [0.2, 0.25) is 0 Å². The van der Waals surface area contributed by atoms with Crippen molar-refractivity contribution in [2.24, 2.45) is 0 Å². The summed E-state index contributed by atoms with van der Waals surface area (Å²) in [6.07, 6.45) is 1.86. The summed E-state index contributed by atoms with van der Waals surface area (Å²) in [6, 6.07) is 3.77. The van der Waals surface area contributed by atoms with E-state index in [2.05, 4.69) is 9.88 Å². The van der Waals surface area contributed by atoms with Crippen LogP contribution in [0.4, 0.5) is 0 Å². The molecule has 17 heavy (non-hydrogen) atoms. The number of rotatable bonds is 3. The van der Waals surface area contributed by atoms with Gasteiger partial charge < -0.3 is 9.84 Å². The Morgan fingerprint density at radius 3 is 3.00 bits per heavy atom. The van der Waals surface area contributed by atoms with Crippen LogP contribution in [0.5, 0.6) is 0 Å². The minimum atomic E-state index is -0.0843. The molecule has 0 spiro atoms. The molecule has 0 amide bonds. The minimum absolute atomic E-state index is 0.0692. The van der Waals surface area contributed by atoms with Gasteiger partial charge in [-0.25, -0.2) is 4.98 Å². The molecule has 0 aromatic carbocycles. The van der Waals surface area contributed by atoms with E-state index in [1.54, 1.807) is 12.3 Å². The number of aliphatic hydroxyl groups is 1. The fourth-order valence-electron chi connectivity index (χ4n) is 2.13. The van der Waals surface area contributed by atoms with Gasteiger partial charge in [-0.05, 0) is 18.6 Å². The van der Waals surface area contributed by atoms with Crippen LogP contribution in [0.15, 0.2) is 18.3 Å². The molecule has 2 rings (SSSR count). The summed E-state index contributed by atoms with van der Waals surface area (Å²) in [5.74, 6) is 0. The Hall–Kier alpha value is -0.680. The first-order valence-electron chi connectivity index (χ1n) is 5.76. The molecule has 2 unspecified atom stereocenters. The summed E-state index contributed by atoms with van der Waals surface area (Å²) >= 11 is 5.75. The highest BCUT2D eigenvalue weighted by Gasteiger charge is 2.24. The van der Waals surface area contributed by atoms with Gasteiger partial charge in [0.1, 0.15) is 5.15 Å². The fraction of sp³-hybridized carbons (Fsp3) is 0.583. The summed E-state index contributed by atoms with van der Waals surface area (Å²) in [5, 5.41) is 9.66. The van der Waals surface area contributed by atoms with Crippen molar-refractivity contribution in [3.63, 3.8) is 0 Å². The lowest BCUT2D eigenvalue weighted by atomic mass is 10.2. The largest absolute Gasteiger partial charge is 0.394 e. The standard InChI is InChI=1S/C12H17ClN2O2/c1-9-5-15(7-11(8-16)17-9)6-10-2-3-12(13)14-4-10/h2-4,9,11,16H,5-8H2,1H3. The van der Waals surface area contributed by atoms with Crippen LogP contribution in [-0.2, 0) is 11.3 Å². The van der Waals surface area contributed by atoms with Gasteiger partial charge in [0.25, 0.3) is 0 Å². The van der Waals surface area contributed by atoms with Gasteiger partial charge in [-0.3, -0.25) is 4.90 Å². The van der Waals surface area contributed by atoms with Crippen LogP contribution in [0, 0.1) is 0 Å². The van der Waals surface area contributed by atoms with Crippen molar-refractivity contribution in [2.45, 2.75) is 25.7 Å². The van der Waals surface area contributed by atoms with Gasteiger partial charge >= 0.3 is 0 Å². The minimum Gasteiger partial charge on any atom is -0.394 e. The number of morpholine rings is 1. The van der Waals surface area contributed by atoms with Crippen molar-refractivity contribution in [2.75, 3.05) is 19.7 Å². The molecular formula is C12H17ClN2O2. The first-order chi connectivity index (χ1) is 8.17. The van der Waals surface area contributed by atoms with Crippen molar-refractivity contribution in [3.05, 3.63) is 29.0 Å². The predicted molar refractivity (Wildman–Crippen MR) is 65.9 cm³/mol. The SMILES string of the molecule is CC1CN(Cc2ccc(Cl)nc2)CC(CO)O1. The van der Waals surface area contributed by atoms with Crippen LogP contribution in [-0.4, -0.2) is 46.9 Å². The number of hydrogen-bond donors (Lipinski definition) is 1. The zero-order valence-electron chi connectivity index (χ0n) is 9.84. The second-order valence-electron chi connectivity index (χ2n) is 4.43. The highest BCUT2D eigenvalue weighted by molar-refractivity contribution is 6.29. The molecule has 0 bridgehead atoms. The number of aliphatic hydroxyl groups excluding tert-OH is 1. The van der Waals surface area contributed by atoms with Gasteiger partial charge in [-0.15, -0.1) is 0 Å². The van der Waals surface area contributed by atoms with Gasteiger partial charge in [0.05, 0.1) is 18.8 Å². The van der Waals surface area contributed by atoms with Crippen molar-refractivity contribution in [1.82, 2.24) is 9.88 Å². The molecule has 1 aliphatic rings. The Kier molecular flexibility index (Phi) is 4.34. The third-order valence-corrected chi connectivity index (χ3v) is 3.02. The third-order valence-electron chi connectivity index (χ3n) is 2.80. The van der Waals surface area contributed by atoms with E-state index >= 15 is 0 Å². The maximum Gasteiger partial charge on any atom is 0.129 e. The molecule has 4 nitrogen and oxygen atoms in total. The quantitative estimate of drug-likeness (QED) is 0.829. The third kappa shape index (κ3) is 3.64. The summed E-state index contributed by atoms with van der Waals surface area (Å²) < 4.78 is 5.59. The molecule has 0 saturated carbocycles. The highest BCUT2D eigenvalue weighted by atomic mass is 35.5. The molecule has 1 aliphatic heterocycles. The Bertz CT molecular complexity index is 358. The molecule has 1 saturated heterocycles. The van der Waals surface area contributed by atoms with Crippen LogP contribution in [0.1, 0.15) is 12.5 Å². The van der Waals surface area contributed by atoms with E-state index in [-0.39, 0.29) is 18.8 Å². The number of ether oxygens (including phenoxy) is 1. The number of aromatic nitrogens is 1. The first-order valence-corrected chi connectivity index (χ1v) is 6.14. The van der Waals surface area contributed by atoms with Crippen LogP contribution >= 0.6 is 11.6 Å². The van der Waals surface area contributed by atoms with Crippen LogP contribution < -0.4 is 0 Å². The molecule has 2 heterocycles. The van der Waals surface area contributed by atoms with E-state index < -0.39 is 0 Å². The molecule has 5 heteroatoms. The summed E-state index contributed by atoms with van der Waals surface area (Å²) in [4.78, 5) is 6.32. The molecule has 2 atom stereocenters. The van der Waals surface area contributed by atoms with Crippen LogP contribution in [0.3, 0.4) is 0 Å². The lowest BCUT2D eigenvalue weighted by Gasteiger charge is -2.36. The van der Waals surface area contributed by atoms with Crippen LogP contribution in [0.2, 0.25) is 5.15 Å². The topological polar surface area (TPSA) is 45.6 Å². The van der Waals surface area contributed by atoms with Gasteiger partial charge in [0.15, 0.2) is 0 Å². The van der Waals surface area contributed by atoms with Crippen molar-refractivity contribution in [3.8, 4) is 0 Å². The Balaban J connectivity index is 1.95. The van der Waals surface area contributed by atoms with E-state index in [0.717, 1.165) is 25.2 Å². The van der Waals surface area contributed by atoms with E-state index in [0.29, 0.717) is 5.15 Å².